The van der Waals surface area contributed by atoms with Crippen molar-refractivity contribution in [2.75, 3.05) is 0 Å². The van der Waals surface area contributed by atoms with E-state index in [9.17, 15) is 4.79 Å². The van der Waals surface area contributed by atoms with Crippen molar-refractivity contribution in [3.8, 4) is 0 Å². The minimum Gasteiger partial charge on any atom is -0.299 e. The normalized spacial score (nSPS) is 25.8. The fourth-order valence-corrected chi connectivity index (χ4v) is 2.82. The summed E-state index contributed by atoms with van der Waals surface area (Å²) in [7, 11) is 0. The molecule has 0 N–H and O–H groups in total. The molecule has 0 unspecified atom stereocenters. The number of carbonyl (C=O) groups is 1. The largest absolute Gasteiger partial charge is 0.299 e. The molecule has 1 aliphatic carbocycles. The molecule has 1 nitrogen and oxygen atoms in total. The van der Waals surface area contributed by atoms with Gasteiger partial charge in [0.05, 0.1) is 0 Å². The number of ketones is 1. The third kappa shape index (κ3) is 3.07. The Morgan fingerprint density at radius 3 is 2.69 bits per heavy atom. The van der Waals surface area contributed by atoms with Gasteiger partial charge in [0.2, 0.25) is 0 Å². The lowest BCUT2D eigenvalue weighted by Crippen LogP contribution is -2.24. The Bertz CT molecular complexity index is 299. The lowest BCUT2D eigenvalue weighted by Gasteiger charge is -2.29. The molecule has 0 saturated heterocycles. The molecule has 0 radical (unpaired) electrons. The summed E-state index contributed by atoms with van der Waals surface area (Å²) in [6.07, 6.45) is 5.64. The van der Waals surface area contributed by atoms with Crippen LogP contribution in [-0.4, -0.2) is 5.78 Å². The van der Waals surface area contributed by atoms with Crippen molar-refractivity contribution in [2.24, 2.45) is 17.3 Å². The molecule has 0 aliphatic heterocycles. The topological polar surface area (TPSA) is 17.1 Å². The van der Waals surface area contributed by atoms with Crippen LogP contribution in [0.5, 0.6) is 0 Å². The number of Topliss-reactive ketones (excluding diaryl/α,β-unsaturated/α-hetero) is 1. The van der Waals surface area contributed by atoms with Gasteiger partial charge in [-0.1, -0.05) is 32.1 Å². The first kappa shape index (κ1) is 13.2. The third-order valence-corrected chi connectivity index (χ3v) is 3.70. The van der Waals surface area contributed by atoms with Crippen molar-refractivity contribution in [2.45, 2.75) is 46.5 Å². The highest BCUT2D eigenvalue weighted by atomic mass is 16.1. The first-order valence-corrected chi connectivity index (χ1v) is 6.16. The van der Waals surface area contributed by atoms with Gasteiger partial charge in [-0.15, -0.1) is 6.58 Å². The van der Waals surface area contributed by atoms with E-state index in [1.165, 1.54) is 5.57 Å². The molecule has 0 aromatic rings. The maximum absolute atomic E-state index is 11.9. The number of hydrogen-bond donors (Lipinski definition) is 0. The van der Waals surface area contributed by atoms with Crippen LogP contribution in [0.2, 0.25) is 0 Å². The summed E-state index contributed by atoms with van der Waals surface area (Å²) in [6, 6.07) is 0. The van der Waals surface area contributed by atoms with Crippen LogP contribution in [0.15, 0.2) is 24.8 Å². The van der Waals surface area contributed by atoms with Gasteiger partial charge in [-0.05, 0) is 37.5 Å². The van der Waals surface area contributed by atoms with Crippen LogP contribution in [0.1, 0.15) is 46.5 Å². The van der Waals surface area contributed by atoms with Gasteiger partial charge in [0, 0.05) is 12.3 Å². The van der Waals surface area contributed by atoms with Crippen molar-refractivity contribution in [3.63, 3.8) is 0 Å². The van der Waals surface area contributed by atoms with Gasteiger partial charge in [0.15, 0.2) is 0 Å². The fourth-order valence-electron chi connectivity index (χ4n) is 2.82. The molecule has 0 aromatic carbocycles. The smallest absolute Gasteiger partial charge is 0.136 e. The van der Waals surface area contributed by atoms with Gasteiger partial charge in [-0.3, -0.25) is 4.79 Å². The van der Waals surface area contributed by atoms with Gasteiger partial charge in [-0.2, -0.15) is 0 Å². The lowest BCUT2D eigenvalue weighted by molar-refractivity contribution is -0.122. The lowest BCUT2D eigenvalue weighted by atomic mass is 9.75. The first-order chi connectivity index (χ1) is 7.37. The molecule has 0 bridgehead atoms. The summed E-state index contributed by atoms with van der Waals surface area (Å²) in [5.41, 5.74) is 1.35. The summed E-state index contributed by atoms with van der Waals surface area (Å²) in [5.74, 6) is 1.05. The molecule has 90 valence electrons. The molecule has 0 aromatic heterocycles. The molecule has 1 fully saturated rings. The van der Waals surface area contributed by atoms with Crippen LogP contribution in [0.25, 0.3) is 0 Å². The summed E-state index contributed by atoms with van der Waals surface area (Å²) in [4.78, 5) is 11.9. The molecule has 1 aliphatic rings. The quantitative estimate of drug-likeness (QED) is 0.636. The van der Waals surface area contributed by atoms with E-state index in [4.69, 9.17) is 0 Å². The minimum absolute atomic E-state index is 0.181. The Labute approximate surface area is 99.6 Å². The maximum atomic E-state index is 11.9. The van der Waals surface area contributed by atoms with E-state index in [-0.39, 0.29) is 11.3 Å². The van der Waals surface area contributed by atoms with Crippen molar-refractivity contribution >= 4 is 5.78 Å². The van der Waals surface area contributed by atoms with E-state index in [0.717, 1.165) is 25.7 Å². The second-order valence-electron chi connectivity index (χ2n) is 5.93. The third-order valence-electron chi connectivity index (χ3n) is 3.70. The predicted octanol–water partition coefficient (Wildman–Crippen LogP) is 4.15. The Hall–Kier alpha value is -0.850. The van der Waals surface area contributed by atoms with Crippen molar-refractivity contribution in [3.05, 3.63) is 24.8 Å². The van der Waals surface area contributed by atoms with E-state index >= 15 is 0 Å². The van der Waals surface area contributed by atoms with E-state index in [0.29, 0.717) is 11.7 Å². The fraction of sp³-hybridized carbons (Fsp3) is 0.667. The average Bonchev–Trinajstić information content (AvgIpc) is 2.47. The van der Waals surface area contributed by atoms with Crippen molar-refractivity contribution < 1.29 is 4.79 Å². The molecule has 0 heterocycles. The molecule has 1 saturated carbocycles. The Balaban J connectivity index is 2.73. The van der Waals surface area contributed by atoms with E-state index < -0.39 is 0 Å². The summed E-state index contributed by atoms with van der Waals surface area (Å²) >= 11 is 0. The SMILES string of the molecule is C=CCC(C)(C)C[C@@H]1C(=O)CC[C@H]1C(=C)C. The van der Waals surface area contributed by atoms with E-state index in [2.05, 4.69) is 33.9 Å². The highest BCUT2D eigenvalue weighted by Crippen LogP contribution is 2.41. The van der Waals surface area contributed by atoms with Crippen LogP contribution in [0.3, 0.4) is 0 Å². The Kier molecular flexibility index (Phi) is 4.12. The number of rotatable bonds is 5. The zero-order valence-corrected chi connectivity index (χ0v) is 10.9. The monoisotopic (exact) mass is 220 g/mol. The second kappa shape index (κ2) is 4.99. The van der Waals surface area contributed by atoms with Crippen LogP contribution in [-0.2, 0) is 4.79 Å². The van der Waals surface area contributed by atoms with Crippen LogP contribution in [0.4, 0.5) is 0 Å². The maximum Gasteiger partial charge on any atom is 0.136 e. The van der Waals surface area contributed by atoms with Gasteiger partial charge in [0.1, 0.15) is 5.78 Å². The Morgan fingerprint density at radius 1 is 1.56 bits per heavy atom. The summed E-state index contributed by atoms with van der Waals surface area (Å²) in [6.45, 7) is 14.3. The van der Waals surface area contributed by atoms with E-state index in [1.807, 2.05) is 6.08 Å². The van der Waals surface area contributed by atoms with Gasteiger partial charge < -0.3 is 0 Å². The molecule has 0 spiro atoms. The number of allylic oxidation sites excluding steroid dienone is 2. The van der Waals surface area contributed by atoms with Crippen LogP contribution < -0.4 is 0 Å². The summed E-state index contributed by atoms with van der Waals surface area (Å²) in [5, 5.41) is 0. The van der Waals surface area contributed by atoms with Gasteiger partial charge >= 0.3 is 0 Å². The predicted molar refractivity (Wildman–Crippen MR) is 69.2 cm³/mol. The molecule has 16 heavy (non-hydrogen) atoms. The van der Waals surface area contributed by atoms with Crippen LogP contribution >= 0.6 is 0 Å². The first-order valence-electron chi connectivity index (χ1n) is 6.16. The van der Waals surface area contributed by atoms with E-state index in [1.54, 1.807) is 0 Å². The molecular formula is C15H24O. The highest BCUT2D eigenvalue weighted by Gasteiger charge is 2.37. The zero-order valence-electron chi connectivity index (χ0n) is 10.9. The molecular weight excluding hydrogens is 196 g/mol. The summed E-state index contributed by atoms with van der Waals surface area (Å²) < 4.78 is 0. The Morgan fingerprint density at radius 2 is 2.19 bits per heavy atom. The number of carbonyl (C=O) groups excluding carboxylic acids is 1. The molecule has 1 rings (SSSR count). The molecule has 1 heteroatoms. The van der Waals surface area contributed by atoms with Gasteiger partial charge in [-0.25, -0.2) is 0 Å². The minimum atomic E-state index is 0.181. The second-order valence-corrected chi connectivity index (χ2v) is 5.93. The average molecular weight is 220 g/mol. The molecule has 2 atom stereocenters. The van der Waals surface area contributed by atoms with Crippen molar-refractivity contribution in [1.29, 1.82) is 0 Å². The van der Waals surface area contributed by atoms with Crippen molar-refractivity contribution in [1.82, 2.24) is 0 Å². The van der Waals surface area contributed by atoms with Gasteiger partial charge in [0.25, 0.3) is 0 Å². The highest BCUT2D eigenvalue weighted by molar-refractivity contribution is 5.84. The molecule has 0 amide bonds. The standard InChI is InChI=1S/C15H24O/c1-6-9-15(4,5)10-13-12(11(2)3)7-8-14(13)16/h6,12-13H,1-2,7-10H2,3-5H3/t12-,13-/m0/s1. The number of hydrogen-bond acceptors (Lipinski definition) is 1. The zero-order chi connectivity index (χ0) is 12.3. The van der Waals surface area contributed by atoms with Crippen LogP contribution in [0, 0.1) is 17.3 Å².